The molecule has 0 bridgehead atoms. The Morgan fingerprint density at radius 1 is 1.24 bits per heavy atom. The Morgan fingerprint density at radius 3 is 2.76 bits per heavy atom. The smallest absolute Gasteiger partial charge is 0.326 e. The van der Waals surface area contributed by atoms with Gasteiger partial charge < -0.3 is 4.90 Å². The molecule has 0 radical (unpaired) electrons. The Hall–Kier alpha value is -2.51. The van der Waals surface area contributed by atoms with Gasteiger partial charge in [-0.3, -0.25) is 14.7 Å². The zero-order valence-corrected chi connectivity index (χ0v) is 17.8. The summed E-state index contributed by atoms with van der Waals surface area (Å²) in [4.78, 5) is 31.7. The molecule has 0 saturated carbocycles. The van der Waals surface area contributed by atoms with Crippen LogP contribution in [0.5, 0.6) is 0 Å². The number of hydrogen-bond acceptors (Lipinski definition) is 4. The molecule has 8 heteroatoms. The topological polar surface area (TPSA) is 53.5 Å². The molecule has 2 aromatic heterocycles. The number of rotatable bonds is 3. The third-order valence-electron chi connectivity index (χ3n) is 5.33. The number of aromatic nitrogens is 1. The van der Waals surface area contributed by atoms with Crippen molar-refractivity contribution in [1.29, 1.82) is 0 Å². The third kappa shape index (κ3) is 3.38. The number of hydrogen-bond donors (Lipinski definition) is 0. The van der Waals surface area contributed by atoms with E-state index in [0.29, 0.717) is 21.1 Å². The minimum Gasteiger partial charge on any atom is -0.327 e. The second-order valence-corrected chi connectivity index (χ2v) is 8.75. The van der Waals surface area contributed by atoms with Crippen LogP contribution in [0.3, 0.4) is 0 Å². The highest BCUT2D eigenvalue weighted by molar-refractivity contribution is 7.19. The van der Waals surface area contributed by atoms with E-state index in [9.17, 15) is 9.59 Å². The van der Waals surface area contributed by atoms with Crippen LogP contribution in [0.1, 0.15) is 22.4 Å². The van der Waals surface area contributed by atoms with E-state index in [1.165, 1.54) is 16.2 Å². The largest absolute Gasteiger partial charge is 0.327 e. The number of fused-ring (bicyclic) bond motifs is 1. The number of carbonyl (C=O) groups is 2. The van der Waals surface area contributed by atoms with Gasteiger partial charge in [-0.2, -0.15) is 0 Å². The van der Waals surface area contributed by atoms with Gasteiger partial charge in [0, 0.05) is 36.8 Å². The number of imide groups is 1. The first-order chi connectivity index (χ1) is 13.8. The van der Waals surface area contributed by atoms with E-state index in [2.05, 4.69) is 4.98 Å². The highest BCUT2D eigenvalue weighted by atomic mass is 35.5. The Labute approximate surface area is 176 Å². The average Bonchev–Trinajstić information content (AvgIpc) is 3.01. The van der Waals surface area contributed by atoms with E-state index < -0.39 is 11.8 Å². The van der Waals surface area contributed by atoms with E-state index in [4.69, 9.17) is 11.6 Å². The lowest BCUT2D eigenvalue weighted by molar-refractivity contribution is -0.131. The number of nitrogens with zero attached hydrogens (tertiary/aromatic N) is 3. The van der Waals surface area contributed by atoms with Crippen molar-refractivity contribution in [3.05, 3.63) is 51.2 Å². The van der Waals surface area contributed by atoms with Gasteiger partial charge >= 0.3 is 6.03 Å². The Kier molecular flexibility index (Phi) is 5.04. The lowest BCUT2D eigenvalue weighted by atomic mass is 9.97. The van der Waals surface area contributed by atoms with Crippen LogP contribution < -0.4 is 0 Å². The molecule has 29 heavy (non-hydrogen) atoms. The first-order valence-corrected chi connectivity index (χ1v) is 10.4. The van der Waals surface area contributed by atoms with Crippen molar-refractivity contribution in [2.24, 2.45) is 0 Å². The fraction of sp³-hybridized carbons (Fsp3) is 0.286. The number of urea groups is 1. The maximum atomic E-state index is 15.1. The molecule has 3 aromatic rings. The predicted octanol–water partition coefficient (Wildman–Crippen LogP) is 5.16. The van der Waals surface area contributed by atoms with Gasteiger partial charge in [-0.15, -0.1) is 11.3 Å². The van der Waals surface area contributed by atoms with Gasteiger partial charge in [0.25, 0.3) is 0 Å². The van der Waals surface area contributed by atoms with Crippen molar-refractivity contribution in [2.75, 3.05) is 13.6 Å². The normalized spacial score (nSPS) is 14.9. The van der Waals surface area contributed by atoms with Crippen molar-refractivity contribution in [3.8, 4) is 11.1 Å². The summed E-state index contributed by atoms with van der Waals surface area (Å²) < 4.78 is 15.8. The summed E-state index contributed by atoms with van der Waals surface area (Å²) >= 11 is 7.48. The summed E-state index contributed by atoms with van der Waals surface area (Å²) in [7, 11) is 1.63. The maximum absolute atomic E-state index is 15.1. The Bertz CT molecular complexity index is 1160. The van der Waals surface area contributed by atoms with Crippen molar-refractivity contribution >= 4 is 45.1 Å². The van der Waals surface area contributed by atoms with E-state index in [-0.39, 0.29) is 24.4 Å². The second-order valence-electron chi connectivity index (χ2n) is 7.20. The molecule has 3 amide bonds. The van der Waals surface area contributed by atoms with E-state index in [0.717, 1.165) is 27.2 Å². The molecule has 3 heterocycles. The van der Waals surface area contributed by atoms with Crippen molar-refractivity contribution in [3.63, 3.8) is 0 Å². The lowest BCUT2D eigenvalue weighted by Gasteiger charge is -2.31. The summed E-state index contributed by atoms with van der Waals surface area (Å²) in [6.07, 6.45) is 1.80. The number of pyridine rings is 1. The van der Waals surface area contributed by atoms with Gasteiger partial charge in [0.2, 0.25) is 5.91 Å². The van der Waals surface area contributed by atoms with Crippen LogP contribution in [-0.4, -0.2) is 40.3 Å². The molecule has 1 saturated heterocycles. The molecular weight excluding hydrogens is 413 g/mol. The van der Waals surface area contributed by atoms with Crippen LogP contribution in [0.2, 0.25) is 5.02 Å². The highest BCUT2D eigenvalue weighted by Gasteiger charge is 2.31. The van der Waals surface area contributed by atoms with Crippen LogP contribution in [0, 0.1) is 19.7 Å². The molecule has 1 aromatic carbocycles. The van der Waals surface area contributed by atoms with Crippen molar-refractivity contribution < 1.29 is 14.0 Å². The molecule has 1 aliphatic heterocycles. The predicted molar refractivity (Wildman–Crippen MR) is 113 cm³/mol. The molecule has 0 unspecified atom stereocenters. The number of thiophene rings is 1. The van der Waals surface area contributed by atoms with Crippen molar-refractivity contribution in [1.82, 2.24) is 14.8 Å². The quantitative estimate of drug-likeness (QED) is 0.575. The molecule has 0 aliphatic carbocycles. The summed E-state index contributed by atoms with van der Waals surface area (Å²) in [6, 6.07) is 5.18. The fourth-order valence-electron chi connectivity index (χ4n) is 3.52. The summed E-state index contributed by atoms with van der Waals surface area (Å²) in [6.45, 7) is 4.26. The molecule has 5 nitrogen and oxygen atoms in total. The monoisotopic (exact) mass is 431 g/mol. The first-order valence-electron chi connectivity index (χ1n) is 9.16. The van der Waals surface area contributed by atoms with E-state index >= 15 is 4.39 Å². The van der Waals surface area contributed by atoms with Gasteiger partial charge in [-0.1, -0.05) is 11.6 Å². The number of amides is 3. The standard InChI is InChI=1S/C21H19ClFN3O2S/c1-11-8-13(22)9-15(12(11)2)14-4-6-24-19-18(23)16(29-20(14)19)10-26-17(27)5-7-25(3)21(26)28/h4,6,8-9H,5,7,10H2,1-3H3. The first kappa shape index (κ1) is 19.8. The maximum Gasteiger partial charge on any atom is 0.326 e. The minimum absolute atomic E-state index is 0.0954. The molecule has 1 fully saturated rings. The Morgan fingerprint density at radius 2 is 2.00 bits per heavy atom. The zero-order chi connectivity index (χ0) is 20.9. The second kappa shape index (κ2) is 7.39. The molecule has 1 aliphatic rings. The van der Waals surface area contributed by atoms with Crippen LogP contribution in [-0.2, 0) is 11.3 Å². The Balaban J connectivity index is 1.82. The van der Waals surface area contributed by atoms with E-state index in [1.54, 1.807) is 13.2 Å². The van der Waals surface area contributed by atoms with Crippen LogP contribution >= 0.6 is 22.9 Å². The van der Waals surface area contributed by atoms with Gasteiger partial charge in [0.05, 0.1) is 16.1 Å². The number of aryl methyl sites for hydroxylation is 1. The summed E-state index contributed by atoms with van der Waals surface area (Å²) in [5, 5.41) is 0.609. The molecular formula is C21H19ClFN3O2S. The van der Waals surface area contributed by atoms with E-state index in [1.807, 2.05) is 32.0 Å². The third-order valence-corrected chi connectivity index (χ3v) is 6.72. The van der Waals surface area contributed by atoms with Crippen molar-refractivity contribution in [2.45, 2.75) is 26.8 Å². The molecule has 0 N–H and O–H groups in total. The van der Waals surface area contributed by atoms with Gasteiger partial charge in [-0.05, 0) is 48.7 Å². The molecule has 0 spiro atoms. The summed E-state index contributed by atoms with van der Waals surface area (Å²) in [5.74, 6) is -0.781. The summed E-state index contributed by atoms with van der Waals surface area (Å²) in [5.41, 5.74) is 4.09. The molecule has 150 valence electrons. The number of halogens is 2. The number of benzene rings is 1. The van der Waals surface area contributed by atoms with Crippen LogP contribution in [0.25, 0.3) is 21.3 Å². The molecule has 0 atom stereocenters. The van der Waals surface area contributed by atoms with Crippen LogP contribution in [0.4, 0.5) is 9.18 Å². The van der Waals surface area contributed by atoms with Gasteiger partial charge in [-0.25, -0.2) is 9.18 Å². The number of carbonyl (C=O) groups excluding carboxylic acids is 2. The lowest BCUT2D eigenvalue weighted by Crippen LogP contribution is -2.50. The van der Waals surface area contributed by atoms with Gasteiger partial charge in [0.15, 0.2) is 5.82 Å². The van der Waals surface area contributed by atoms with Crippen LogP contribution in [0.15, 0.2) is 24.4 Å². The highest BCUT2D eigenvalue weighted by Crippen LogP contribution is 2.39. The minimum atomic E-state index is -0.489. The zero-order valence-electron chi connectivity index (χ0n) is 16.3. The van der Waals surface area contributed by atoms with Gasteiger partial charge in [0.1, 0.15) is 5.52 Å². The molecule has 4 rings (SSSR count). The SMILES string of the molecule is Cc1cc(Cl)cc(-c2ccnc3c(F)c(CN4C(=O)CCN(C)C4=O)sc23)c1C. The average molecular weight is 432 g/mol. The fourth-order valence-corrected chi connectivity index (χ4v) is 4.95.